The minimum atomic E-state index is -3.71. The molecule has 1 amide bonds. The van der Waals surface area contributed by atoms with Crippen molar-refractivity contribution in [2.45, 2.75) is 0 Å². The van der Waals surface area contributed by atoms with Crippen molar-refractivity contribution in [3.05, 3.63) is 11.2 Å². The second kappa shape index (κ2) is 1.47. The van der Waals surface area contributed by atoms with Crippen molar-refractivity contribution in [3.8, 4) is 0 Å². The maximum atomic E-state index is 10.4. The fourth-order valence-corrected chi connectivity index (χ4v) is 1.20. The van der Waals surface area contributed by atoms with E-state index in [1.165, 1.54) is 0 Å². The largest absolute Gasteiger partial charge is 0.385 e. The third-order valence-electron chi connectivity index (χ3n) is 0.787. The van der Waals surface area contributed by atoms with E-state index in [2.05, 4.69) is 0 Å². The molecule has 0 spiro atoms. The van der Waals surface area contributed by atoms with Crippen molar-refractivity contribution < 1.29 is 13.2 Å². The van der Waals surface area contributed by atoms with Crippen LogP contribution in [0.1, 0.15) is 0 Å². The first-order chi connectivity index (χ1) is 4.02. The maximum Gasteiger partial charge on any atom is 0.346 e. The molecule has 0 saturated heterocycles. The van der Waals surface area contributed by atoms with Crippen LogP contribution >= 0.6 is 0 Å². The highest BCUT2D eigenvalue weighted by molar-refractivity contribution is 8.08. The monoisotopic (exact) mass is 148 g/mol. The van der Waals surface area contributed by atoms with Gasteiger partial charge >= 0.3 is 5.24 Å². The van der Waals surface area contributed by atoms with E-state index in [1.807, 2.05) is 5.32 Å². The average molecular weight is 148 g/mol. The van der Waals surface area contributed by atoms with E-state index >= 15 is 0 Å². The van der Waals surface area contributed by atoms with Crippen molar-refractivity contribution >= 4 is 15.1 Å². The number of amides is 1. The van der Waals surface area contributed by atoms with Gasteiger partial charge in [0.1, 0.15) is 5.82 Å². The molecule has 1 heterocycles. The standard InChI is InChI=1S/C3H4N2O3S/c4-2-1-9(7,8)3(6)5-2/h1H,4H2,(H,5,6). The summed E-state index contributed by atoms with van der Waals surface area (Å²) in [5.74, 6) is -0.125. The Bertz CT molecular complexity index is 275. The van der Waals surface area contributed by atoms with Gasteiger partial charge in [-0.25, -0.2) is 8.42 Å². The first-order valence-corrected chi connectivity index (χ1v) is 3.60. The van der Waals surface area contributed by atoms with Crippen molar-refractivity contribution in [2.24, 2.45) is 5.73 Å². The topological polar surface area (TPSA) is 89.3 Å². The smallest absolute Gasteiger partial charge is 0.346 e. The molecule has 3 N–H and O–H groups in total. The molecule has 5 nitrogen and oxygen atoms in total. The van der Waals surface area contributed by atoms with Gasteiger partial charge in [0.15, 0.2) is 0 Å². The van der Waals surface area contributed by atoms with Crippen LogP contribution in [-0.4, -0.2) is 13.7 Å². The highest BCUT2D eigenvalue weighted by Crippen LogP contribution is 2.03. The molecule has 0 aromatic carbocycles. The van der Waals surface area contributed by atoms with Crippen molar-refractivity contribution in [1.29, 1.82) is 0 Å². The zero-order chi connectivity index (χ0) is 7.07. The second-order valence-corrected chi connectivity index (χ2v) is 3.23. The summed E-state index contributed by atoms with van der Waals surface area (Å²) in [6.07, 6.45) is 0. The SMILES string of the molecule is NC1=CS(=O)(=O)C(=O)N1. The van der Waals surface area contributed by atoms with Gasteiger partial charge in [0.25, 0.3) is 9.84 Å². The van der Waals surface area contributed by atoms with Gasteiger partial charge in [0.05, 0.1) is 5.41 Å². The minimum absolute atomic E-state index is 0.125. The van der Waals surface area contributed by atoms with Gasteiger partial charge in [0, 0.05) is 0 Å². The summed E-state index contributed by atoms with van der Waals surface area (Å²) in [6.45, 7) is 0. The molecule has 0 aromatic heterocycles. The molecule has 0 atom stereocenters. The molecule has 0 saturated carbocycles. The molecule has 0 radical (unpaired) electrons. The number of carbonyl (C=O) groups is 1. The average Bonchev–Trinajstić information content (AvgIpc) is 1.79. The molecule has 9 heavy (non-hydrogen) atoms. The van der Waals surface area contributed by atoms with Crippen LogP contribution in [-0.2, 0) is 9.84 Å². The predicted octanol–water partition coefficient (Wildman–Crippen LogP) is -1.12. The number of carbonyl (C=O) groups excluding carboxylic acids is 1. The molecule has 6 heteroatoms. The van der Waals surface area contributed by atoms with Crippen LogP contribution in [0.2, 0.25) is 0 Å². The first-order valence-electron chi connectivity index (χ1n) is 2.05. The van der Waals surface area contributed by atoms with Crippen molar-refractivity contribution in [2.75, 3.05) is 0 Å². The lowest BCUT2D eigenvalue weighted by atomic mass is 10.8. The number of nitrogens with one attached hydrogen (secondary N) is 1. The first kappa shape index (κ1) is 6.09. The van der Waals surface area contributed by atoms with Gasteiger partial charge in [-0.3, -0.25) is 10.1 Å². The fourth-order valence-electron chi connectivity index (χ4n) is 0.439. The third-order valence-corrected chi connectivity index (χ3v) is 1.97. The molecular weight excluding hydrogens is 144 g/mol. The number of rotatable bonds is 0. The summed E-state index contributed by atoms with van der Waals surface area (Å²) in [5.41, 5.74) is 4.95. The lowest BCUT2D eigenvalue weighted by Crippen LogP contribution is -2.22. The Balaban J connectivity index is 3.19. The fraction of sp³-hybridized carbons (Fsp3) is 0. The summed E-state index contributed by atoms with van der Waals surface area (Å²) < 4.78 is 20.8. The Morgan fingerprint density at radius 1 is 1.56 bits per heavy atom. The quantitative estimate of drug-likeness (QED) is 0.455. The molecular formula is C3H4N2O3S. The summed E-state index contributed by atoms with van der Waals surface area (Å²) in [7, 11) is -3.71. The van der Waals surface area contributed by atoms with Crippen molar-refractivity contribution in [3.63, 3.8) is 0 Å². The molecule has 1 aliphatic heterocycles. The van der Waals surface area contributed by atoms with Crippen LogP contribution in [0.25, 0.3) is 0 Å². The van der Waals surface area contributed by atoms with Crippen LogP contribution in [0, 0.1) is 0 Å². The van der Waals surface area contributed by atoms with Crippen LogP contribution in [0.5, 0.6) is 0 Å². The Morgan fingerprint density at radius 2 is 2.11 bits per heavy atom. The van der Waals surface area contributed by atoms with Gasteiger partial charge in [-0.1, -0.05) is 0 Å². The zero-order valence-electron chi connectivity index (χ0n) is 4.29. The van der Waals surface area contributed by atoms with E-state index < -0.39 is 15.1 Å². The Kier molecular flexibility index (Phi) is 0.995. The highest BCUT2D eigenvalue weighted by atomic mass is 32.2. The molecule has 0 aromatic rings. The van der Waals surface area contributed by atoms with Crippen molar-refractivity contribution in [1.82, 2.24) is 5.32 Å². The van der Waals surface area contributed by atoms with E-state index in [9.17, 15) is 13.2 Å². The van der Waals surface area contributed by atoms with E-state index in [4.69, 9.17) is 5.73 Å². The minimum Gasteiger partial charge on any atom is -0.385 e. The number of sulfone groups is 1. The lowest BCUT2D eigenvalue weighted by molar-refractivity contribution is 0.261. The highest BCUT2D eigenvalue weighted by Gasteiger charge is 2.26. The summed E-state index contributed by atoms with van der Waals surface area (Å²) >= 11 is 0. The van der Waals surface area contributed by atoms with Crippen LogP contribution in [0.3, 0.4) is 0 Å². The van der Waals surface area contributed by atoms with Gasteiger partial charge < -0.3 is 5.73 Å². The maximum absolute atomic E-state index is 10.4. The molecule has 1 aliphatic rings. The Labute approximate surface area is 51.5 Å². The van der Waals surface area contributed by atoms with Gasteiger partial charge in [-0.15, -0.1) is 0 Å². The molecule has 1 rings (SSSR count). The second-order valence-electron chi connectivity index (χ2n) is 1.53. The zero-order valence-corrected chi connectivity index (χ0v) is 5.10. The van der Waals surface area contributed by atoms with Gasteiger partial charge in [-0.05, 0) is 0 Å². The molecule has 50 valence electrons. The number of hydrogen-bond donors (Lipinski definition) is 2. The number of hydrogen-bond acceptors (Lipinski definition) is 4. The number of nitrogens with two attached hydrogens (primary N) is 1. The van der Waals surface area contributed by atoms with E-state index in [0.29, 0.717) is 5.41 Å². The van der Waals surface area contributed by atoms with E-state index in [0.717, 1.165) is 0 Å². The van der Waals surface area contributed by atoms with Gasteiger partial charge in [0.2, 0.25) is 0 Å². The Morgan fingerprint density at radius 3 is 2.22 bits per heavy atom. The third kappa shape index (κ3) is 0.879. The van der Waals surface area contributed by atoms with E-state index in [-0.39, 0.29) is 5.82 Å². The lowest BCUT2D eigenvalue weighted by Gasteiger charge is -1.87. The summed E-state index contributed by atoms with van der Waals surface area (Å²) in [6, 6.07) is 0. The normalized spacial score (nSPS) is 23.1. The molecule has 0 bridgehead atoms. The Hall–Kier alpha value is -1.04. The van der Waals surface area contributed by atoms with E-state index in [1.54, 1.807) is 0 Å². The molecule has 0 unspecified atom stereocenters. The predicted molar refractivity (Wildman–Crippen MR) is 29.7 cm³/mol. The van der Waals surface area contributed by atoms with Crippen LogP contribution < -0.4 is 11.1 Å². The molecule has 0 aliphatic carbocycles. The molecule has 0 fully saturated rings. The van der Waals surface area contributed by atoms with Gasteiger partial charge in [-0.2, -0.15) is 0 Å². The van der Waals surface area contributed by atoms with Crippen LogP contribution in [0.4, 0.5) is 4.79 Å². The summed E-state index contributed by atoms with van der Waals surface area (Å²) in [4.78, 5) is 10.3. The van der Waals surface area contributed by atoms with Crippen LogP contribution in [0.15, 0.2) is 11.2 Å². The summed E-state index contributed by atoms with van der Waals surface area (Å²) in [5, 5.41) is 1.55.